The zero-order chi connectivity index (χ0) is 20.1. The molecule has 3 rings (SSSR count). The maximum Gasteiger partial charge on any atom is 0.243 e. The third-order valence-electron chi connectivity index (χ3n) is 4.33. The first-order chi connectivity index (χ1) is 13.4. The van der Waals surface area contributed by atoms with E-state index >= 15 is 0 Å². The van der Waals surface area contributed by atoms with Gasteiger partial charge in [-0.3, -0.25) is 4.79 Å². The second-order valence-corrected chi connectivity index (χ2v) is 9.69. The number of anilines is 1. The summed E-state index contributed by atoms with van der Waals surface area (Å²) in [4.78, 5) is 13.4. The number of carbonyl (C=O) groups excluding carboxylic acids is 1. The summed E-state index contributed by atoms with van der Waals surface area (Å²) < 4.78 is 32.3. The van der Waals surface area contributed by atoms with Crippen LogP contribution < -0.4 is 10.1 Å². The Balaban J connectivity index is 1.72. The molecule has 2 aromatic rings. The summed E-state index contributed by atoms with van der Waals surface area (Å²) in [5, 5.41) is 3.39. The van der Waals surface area contributed by atoms with E-state index in [4.69, 9.17) is 16.3 Å². The van der Waals surface area contributed by atoms with Crippen LogP contribution in [0, 0.1) is 0 Å². The third kappa shape index (κ3) is 5.00. The minimum atomic E-state index is -3.57. The van der Waals surface area contributed by atoms with Crippen LogP contribution in [-0.2, 0) is 14.8 Å². The van der Waals surface area contributed by atoms with Crippen LogP contribution in [0.5, 0.6) is 5.75 Å². The van der Waals surface area contributed by atoms with Crippen molar-refractivity contribution in [1.82, 2.24) is 4.31 Å². The average molecular weight is 441 g/mol. The zero-order valence-electron chi connectivity index (χ0n) is 15.4. The number of carbonyl (C=O) groups is 1. The Morgan fingerprint density at radius 3 is 2.50 bits per heavy atom. The molecule has 0 saturated carbocycles. The van der Waals surface area contributed by atoms with Crippen molar-refractivity contribution in [2.24, 2.45) is 0 Å². The highest BCUT2D eigenvalue weighted by Crippen LogP contribution is 2.30. The molecule has 0 atom stereocenters. The highest BCUT2D eigenvalue weighted by molar-refractivity contribution is 8.00. The van der Waals surface area contributed by atoms with Crippen LogP contribution in [0.3, 0.4) is 0 Å². The number of halogens is 1. The van der Waals surface area contributed by atoms with Crippen molar-refractivity contribution in [1.29, 1.82) is 0 Å². The van der Waals surface area contributed by atoms with Crippen molar-refractivity contribution in [2.75, 3.05) is 31.3 Å². The molecular weight excluding hydrogens is 420 g/mol. The van der Waals surface area contributed by atoms with Crippen molar-refractivity contribution in [2.45, 2.75) is 22.6 Å². The molecule has 0 spiro atoms. The lowest BCUT2D eigenvalue weighted by molar-refractivity contribution is -0.113. The molecule has 0 unspecified atom stereocenters. The number of hydrogen-bond acceptors (Lipinski definition) is 5. The Kier molecular flexibility index (Phi) is 6.87. The highest BCUT2D eigenvalue weighted by atomic mass is 35.5. The Labute approximate surface area is 174 Å². The van der Waals surface area contributed by atoms with Crippen LogP contribution in [0.25, 0.3) is 0 Å². The largest absolute Gasteiger partial charge is 0.495 e. The molecule has 6 nitrogen and oxygen atoms in total. The lowest BCUT2D eigenvalue weighted by Gasteiger charge is -2.17. The zero-order valence-corrected chi connectivity index (χ0v) is 17.7. The van der Waals surface area contributed by atoms with Crippen LogP contribution in [0.2, 0.25) is 5.02 Å². The summed E-state index contributed by atoms with van der Waals surface area (Å²) in [5.41, 5.74) is 0.337. The number of methoxy groups -OCH3 is 1. The molecule has 1 aliphatic rings. The predicted octanol–water partition coefficient (Wildman–Crippen LogP) is 3.86. The first-order valence-electron chi connectivity index (χ1n) is 8.76. The molecule has 1 fully saturated rings. The molecule has 1 amide bonds. The third-order valence-corrected chi connectivity index (χ3v) is 7.49. The summed E-state index contributed by atoms with van der Waals surface area (Å²) in [6.07, 6.45) is 1.72. The second kappa shape index (κ2) is 9.17. The highest BCUT2D eigenvalue weighted by Gasteiger charge is 2.28. The minimum Gasteiger partial charge on any atom is -0.495 e. The molecule has 2 aromatic carbocycles. The van der Waals surface area contributed by atoms with E-state index in [1.807, 2.05) is 12.1 Å². The number of benzene rings is 2. The van der Waals surface area contributed by atoms with Gasteiger partial charge in [0.05, 0.1) is 23.4 Å². The Bertz CT molecular complexity index is 943. The number of rotatable bonds is 7. The Hall–Kier alpha value is -1.74. The van der Waals surface area contributed by atoms with Gasteiger partial charge < -0.3 is 10.1 Å². The SMILES string of the molecule is COc1ccc(S(=O)(=O)N2CCCC2)cc1NC(=O)CSc1ccc(Cl)cc1. The van der Waals surface area contributed by atoms with Crippen LogP contribution in [-0.4, -0.2) is 44.6 Å². The lowest BCUT2D eigenvalue weighted by atomic mass is 10.3. The Morgan fingerprint density at radius 1 is 1.18 bits per heavy atom. The summed E-state index contributed by atoms with van der Waals surface area (Å²) in [6, 6.07) is 11.7. The van der Waals surface area contributed by atoms with Gasteiger partial charge >= 0.3 is 0 Å². The number of nitrogens with zero attached hydrogens (tertiary/aromatic N) is 1. The summed E-state index contributed by atoms with van der Waals surface area (Å²) in [6.45, 7) is 1.04. The van der Waals surface area contributed by atoms with Gasteiger partial charge in [0.25, 0.3) is 0 Å². The molecule has 28 heavy (non-hydrogen) atoms. The number of nitrogens with one attached hydrogen (secondary N) is 1. The predicted molar refractivity (Wildman–Crippen MR) is 112 cm³/mol. The van der Waals surface area contributed by atoms with E-state index in [-0.39, 0.29) is 16.6 Å². The topological polar surface area (TPSA) is 75.7 Å². The number of hydrogen-bond donors (Lipinski definition) is 1. The molecule has 1 aliphatic heterocycles. The van der Waals surface area contributed by atoms with Crippen LogP contribution >= 0.6 is 23.4 Å². The monoisotopic (exact) mass is 440 g/mol. The lowest BCUT2D eigenvalue weighted by Crippen LogP contribution is -2.28. The molecule has 0 aromatic heterocycles. The van der Waals surface area contributed by atoms with Gasteiger partial charge in [0, 0.05) is 23.0 Å². The quantitative estimate of drug-likeness (QED) is 0.661. The van der Waals surface area contributed by atoms with Gasteiger partial charge in [-0.2, -0.15) is 4.31 Å². The van der Waals surface area contributed by atoms with E-state index in [1.54, 1.807) is 18.2 Å². The van der Waals surface area contributed by atoms with Gasteiger partial charge in [-0.05, 0) is 55.3 Å². The average Bonchev–Trinajstić information content (AvgIpc) is 3.23. The molecule has 0 bridgehead atoms. The van der Waals surface area contributed by atoms with Crippen LogP contribution in [0.15, 0.2) is 52.3 Å². The number of ether oxygens (including phenoxy) is 1. The minimum absolute atomic E-state index is 0.149. The fourth-order valence-corrected chi connectivity index (χ4v) is 5.26. The number of sulfonamides is 1. The molecule has 0 aliphatic carbocycles. The second-order valence-electron chi connectivity index (χ2n) is 6.26. The van der Waals surface area contributed by atoms with E-state index in [0.29, 0.717) is 29.5 Å². The van der Waals surface area contributed by atoms with Crippen LogP contribution in [0.1, 0.15) is 12.8 Å². The summed E-state index contributed by atoms with van der Waals surface area (Å²) in [5.74, 6) is 0.327. The Morgan fingerprint density at radius 2 is 1.86 bits per heavy atom. The molecule has 150 valence electrons. The van der Waals surface area contributed by atoms with Gasteiger partial charge in [-0.25, -0.2) is 8.42 Å². The molecular formula is C19H21ClN2O4S2. The van der Waals surface area contributed by atoms with Crippen molar-refractivity contribution < 1.29 is 17.9 Å². The van der Waals surface area contributed by atoms with Crippen molar-refractivity contribution in [3.05, 3.63) is 47.5 Å². The normalized spacial score (nSPS) is 14.8. The van der Waals surface area contributed by atoms with E-state index in [0.717, 1.165) is 17.7 Å². The van der Waals surface area contributed by atoms with Crippen LogP contribution in [0.4, 0.5) is 5.69 Å². The smallest absolute Gasteiger partial charge is 0.243 e. The van der Waals surface area contributed by atoms with E-state index < -0.39 is 10.0 Å². The fraction of sp³-hybridized carbons (Fsp3) is 0.316. The summed E-state index contributed by atoms with van der Waals surface area (Å²) >= 11 is 7.22. The first kappa shape index (κ1) is 21.0. The summed E-state index contributed by atoms with van der Waals surface area (Å²) in [7, 11) is -2.10. The van der Waals surface area contributed by atoms with Gasteiger partial charge in [0.15, 0.2) is 0 Å². The standard InChI is InChI=1S/C19H21ClN2O4S2/c1-26-18-9-8-16(28(24,25)22-10-2-3-11-22)12-17(18)21-19(23)13-27-15-6-4-14(20)5-7-15/h4-9,12H,2-3,10-11,13H2,1H3,(H,21,23). The molecule has 9 heteroatoms. The van der Waals surface area contributed by atoms with Gasteiger partial charge in [-0.1, -0.05) is 11.6 Å². The van der Waals surface area contributed by atoms with E-state index in [9.17, 15) is 13.2 Å². The molecule has 1 saturated heterocycles. The number of thioether (sulfide) groups is 1. The molecule has 0 radical (unpaired) electrons. The molecule has 1 N–H and O–H groups in total. The van der Waals surface area contributed by atoms with Crippen molar-refractivity contribution >= 4 is 45.0 Å². The van der Waals surface area contributed by atoms with Gasteiger partial charge in [0.1, 0.15) is 5.75 Å². The van der Waals surface area contributed by atoms with Crippen molar-refractivity contribution in [3.63, 3.8) is 0 Å². The first-order valence-corrected chi connectivity index (χ1v) is 11.6. The fourth-order valence-electron chi connectivity index (χ4n) is 2.89. The van der Waals surface area contributed by atoms with E-state index in [1.165, 1.54) is 35.3 Å². The van der Waals surface area contributed by atoms with Gasteiger partial charge in [-0.15, -0.1) is 11.8 Å². The van der Waals surface area contributed by atoms with Crippen molar-refractivity contribution in [3.8, 4) is 5.75 Å². The molecule has 1 heterocycles. The number of amides is 1. The van der Waals surface area contributed by atoms with Gasteiger partial charge in [0.2, 0.25) is 15.9 Å². The maximum absolute atomic E-state index is 12.8. The maximum atomic E-state index is 12.8. The van der Waals surface area contributed by atoms with E-state index in [2.05, 4.69) is 5.32 Å².